The summed E-state index contributed by atoms with van der Waals surface area (Å²) in [5.41, 5.74) is -1.49. The molecule has 0 heterocycles. The highest BCUT2D eigenvalue weighted by Crippen LogP contribution is 2.63. The summed E-state index contributed by atoms with van der Waals surface area (Å²) in [4.78, 5) is 11.4. The number of carboxylic acids is 1. The molecule has 1 aliphatic carbocycles. The van der Waals surface area contributed by atoms with Crippen LogP contribution in [0.15, 0.2) is 24.3 Å². The van der Waals surface area contributed by atoms with Crippen LogP contribution in [-0.4, -0.2) is 42.2 Å². The lowest BCUT2D eigenvalue weighted by Crippen LogP contribution is -2.28. The maximum atomic E-state index is 13.3. The van der Waals surface area contributed by atoms with Crippen molar-refractivity contribution in [1.82, 2.24) is 0 Å². The molecule has 0 aromatic heterocycles. The van der Waals surface area contributed by atoms with Crippen LogP contribution in [0, 0.1) is 11.2 Å². The molecule has 20 heavy (non-hydrogen) atoms. The van der Waals surface area contributed by atoms with Gasteiger partial charge in [-0.3, -0.25) is 4.79 Å². The van der Waals surface area contributed by atoms with Gasteiger partial charge < -0.3 is 10.2 Å². The summed E-state index contributed by atoms with van der Waals surface area (Å²) >= 11 is 0. The third kappa shape index (κ3) is 2.01. The number of carbonyl (C=O) groups is 1. The van der Waals surface area contributed by atoms with Crippen molar-refractivity contribution in [3.63, 3.8) is 0 Å². The molecule has 0 unspecified atom stereocenters. The molecular weight excluding hydrogens is 287 g/mol. The largest absolute Gasteiger partial charge is 0.481 e. The Morgan fingerprint density at radius 3 is 2.55 bits per heavy atom. The Morgan fingerprint density at radius 1 is 1.45 bits per heavy atom. The molecule has 0 radical (unpaired) electrons. The maximum Gasteiger partial charge on any atom is 0.314 e. The molecule has 1 aromatic rings. The average molecular weight is 302 g/mol. The second-order valence-corrected chi connectivity index (χ2v) is 7.32. The first-order valence-corrected chi connectivity index (χ1v) is 7.84. The zero-order valence-electron chi connectivity index (χ0n) is 10.8. The molecule has 0 saturated heterocycles. The summed E-state index contributed by atoms with van der Waals surface area (Å²) in [6.07, 6.45) is 0. The lowest BCUT2D eigenvalue weighted by molar-refractivity contribution is -0.145. The van der Waals surface area contributed by atoms with Gasteiger partial charge in [-0.1, -0.05) is 19.1 Å². The Hall–Kier alpha value is -1.47. The van der Waals surface area contributed by atoms with Crippen molar-refractivity contribution in [3.8, 4) is 0 Å². The first-order valence-electron chi connectivity index (χ1n) is 6.12. The monoisotopic (exact) mass is 302 g/mol. The van der Waals surface area contributed by atoms with Crippen LogP contribution in [0.3, 0.4) is 0 Å². The van der Waals surface area contributed by atoms with Gasteiger partial charge >= 0.3 is 5.97 Å². The van der Waals surface area contributed by atoms with Gasteiger partial charge in [-0.15, -0.1) is 0 Å². The minimum atomic E-state index is -3.66. The van der Waals surface area contributed by atoms with Crippen molar-refractivity contribution >= 4 is 15.8 Å². The molecule has 0 spiro atoms. The van der Waals surface area contributed by atoms with E-state index in [1.807, 2.05) is 0 Å². The van der Waals surface area contributed by atoms with E-state index in [9.17, 15) is 27.8 Å². The predicted molar refractivity (Wildman–Crippen MR) is 69.5 cm³/mol. The highest BCUT2D eigenvalue weighted by molar-refractivity contribution is 7.92. The van der Waals surface area contributed by atoms with Gasteiger partial charge in [0, 0.05) is 11.7 Å². The van der Waals surface area contributed by atoms with E-state index < -0.39 is 44.8 Å². The van der Waals surface area contributed by atoms with Crippen molar-refractivity contribution in [2.75, 3.05) is 12.4 Å². The van der Waals surface area contributed by atoms with E-state index in [0.29, 0.717) is 0 Å². The summed E-state index contributed by atoms with van der Waals surface area (Å²) in [5, 5.41) is 17.5. The highest BCUT2D eigenvalue weighted by Gasteiger charge is 2.75. The highest BCUT2D eigenvalue weighted by atomic mass is 32.2. The first-order chi connectivity index (χ1) is 9.31. The molecule has 1 saturated carbocycles. The number of aliphatic hydroxyl groups excluding tert-OH is 1. The van der Waals surface area contributed by atoms with Crippen LogP contribution in [0.2, 0.25) is 0 Å². The fourth-order valence-corrected chi connectivity index (χ4v) is 4.85. The normalized spacial score (nSPS) is 29.1. The van der Waals surface area contributed by atoms with E-state index in [1.165, 1.54) is 25.1 Å². The van der Waals surface area contributed by atoms with Gasteiger partial charge in [-0.2, -0.15) is 0 Å². The van der Waals surface area contributed by atoms with Gasteiger partial charge in [0.15, 0.2) is 9.84 Å². The van der Waals surface area contributed by atoms with E-state index in [1.54, 1.807) is 0 Å². The Kier molecular flexibility index (Phi) is 3.60. The number of halogens is 1. The zero-order valence-corrected chi connectivity index (χ0v) is 11.6. The molecule has 5 nitrogen and oxygen atoms in total. The molecule has 0 bridgehead atoms. The van der Waals surface area contributed by atoms with Crippen molar-refractivity contribution in [2.24, 2.45) is 5.41 Å². The Balaban J connectivity index is 2.54. The Morgan fingerprint density at radius 2 is 2.10 bits per heavy atom. The molecular formula is C13H15FO5S. The molecule has 1 aromatic carbocycles. The molecule has 1 fully saturated rings. The van der Waals surface area contributed by atoms with Crippen LogP contribution < -0.4 is 0 Å². The first kappa shape index (κ1) is 14.9. The third-order valence-corrected chi connectivity index (χ3v) is 6.18. The minimum absolute atomic E-state index is 0.224. The summed E-state index contributed by atoms with van der Waals surface area (Å²) in [5.74, 6) is -3.10. The standard InChI is InChI=1S/C13H15FO5S/c1-2-20(18,19)11-10(13(11,7-15)12(16)17)8-4-3-5-9(14)6-8/h3-6,10-11,15H,2,7H2,1H3,(H,16,17)/t10-,11+,13-/m0/s1. The van der Waals surface area contributed by atoms with Crippen LogP contribution in [0.5, 0.6) is 0 Å². The van der Waals surface area contributed by atoms with Crippen LogP contribution >= 0.6 is 0 Å². The number of hydrogen-bond donors (Lipinski definition) is 2. The summed E-state index contributed by atoms with van der Waals surface area (Å²) in [6, 6.07) is 5.18. The second-order valence-electron chi connectivity index (χ2n) is 4.91. The van der Waals surface area contributed by atoms with Gasteiger partial charge in [0.25, 0.3) is 0 Å². The maximum absolute atomic E-state index is 13.3. The van der Waals surface area contributed by atoms with Crippen molar-refractivity contribution in [3.05, 3.63) is 35.6 Å². The quantitative estimate of drug-likeness (QED) is 0.839. The average Bonchev–Trinajstić information content (AvgIpc) is 3.10. The number of aliphatic hydroxyl groups is 1. The van der Waals surface area contributed by atoms with Crippen LogP contribution in [0.4, 0.5) is 4.39 Å². The molecule has 7 heteroatoms. The fraction of sp³-hybridized carbons (Fsp3) is 0.462. The molecule has 0 aliphatic heterocycles. The second kappa shape index (κ2) is 4.82. The lowest BCUT2D eigenvalue weighted by atomic mass is 10.00. The number of benzene rings is 1. The molecule has 110 valence electrons. The fourth-order valence-electron chi connectivity index (χ4n) is 2.79. The van der Waals surface area contributed by atoms with Gasteiger partial charge in [0.05, 0.1) is 11.9 Å². The SMILES string of the molecule is CCS(=O)(=O)[C@@H]1[C@H](c2cccc(F)c2)[C@]1(CO)C(=O)O. The van der Waals surface area contributed by atoms with Crippen LogP contribution in [0.25, 0.3) is 0 Å². The lowest BCUT2D eigenvalue weighted by Gasteiger charge is -2.08. The Labute approximate surface area is 116 Å². The van der Waals surface area contributed by atoms with E-state index in [-0.39, 0.29) is 11.3 Å². The van der Waals surface area contributed by atoms with Crippen molar-refractivity contribution in [2.45, 2.75) is 18.1 Å². The van der Waals surface area contributed by atoms with E-state index in [2.05, 4.69) is 0 Å². The van der Waals surface area contributed by atoms with Crippen molar-refractivity contribution in [1.29, 1.82) is 0 Å². The predicted octanol–water partition coefficient (Wildman–Crippen LogP) is 0.790. The van der Waals surface area contributed by atoms with E-state index in [0.717, 1.165) is 6.07 Å². The summed E-state index contributed by atoms with van der Waals surface area (Å²) < 4.78 is 37.3. The van der Waals surface area contributed by atoms with E-state index in [4.69, 9.17) is 0 Å². The van der Waals surface area contributed by atoms with Crippen LogP contribution in [-0.2, 0) is 14.6 Å². The summed E-state index contributed by atoms with van der Waals surface area (Å²) in [7, 11) is -3.66. The van der Waals surface area contributed by atoms with Gasteiger partial charge in [0.1, 0.15) is 11.2 Å². The number of carboxylic acid groups (broad SMARTS) is 1. The number of sulfone groups is 1. The van der Waals surface area contributed by atoms with Gasteiger partial charge in [0.2, 0.25) is 0 Å². The Bertz CT molecular complexity index is 642. The van der Waals surface area contributed by atoms with Gasteiger partial charge in [-0.05, 0) is 17.7 Å². The van der Waals surface area contributed by atoms with E-state index >= 15 is 0 Å². The molecule has 2 rings (SSSR count). The smallest absolute Gasteiger partial charge is 0.314 e. The molecule has 2 N–H and O–H groups in total. The topological polar surface area (TPSA) is 91.7 Å². The number of hydrogen-bond acceptors (Lipinski definition) is 4. The third-order valence-electron chi connectivity index (χ3n) is 3.91. The molecule has 3 atom stereocenters. The number of rotatable bonds is 5. The molecule has 0 amide bonds. The van der Waals surface area contributed by atoms with Gasteiger partial charge in [-0.25, -0.2) is 12.8 Å². The van der Waals surface area contributed by atoms with Crippen LogP contribution in [0.1, 0.15) is 18.4 Å². The minimum Gasteiger partial charge on any atom is -0.481 e. The zero-order chi connectivity index (χ0) is 15.1. The summed E-state index contributed by atoms with van der Waals surface area (Å²) in [6.45, 7) is 0.619. The molecule has 1 aliphatic rings. The number of aliphatic carboxylic acids is 1. The van der Waals surface area contributed by atoms with Crippen molar-refractivity contribution < 1.29 is 27.8 Å².